The van der Waals surface area contributed by atoms with Crippen LogP contribution in [0.2, 0.25) is 0 Å². The van der Waals surface area contributed by atoms with E-state index in [4.69, 9.17) is 4.74 Å². The highest BCUT2D eigenvalue weighted by atomic mass is 16.5. The lowest BCUT2D eigenvalue weighted by Gasteiger charge is -2.08. The molecule has 0 aliphatic rings. The lowest BCUT2D eigenvalue weighted by molar-refractivity contribution is -0.146. The molecule has 86 valence electrons. The molecule has 16 heavy (non-hydrogen) atoms. The molecule has 1 aromatic rings. The monoisotopic (exact) mass is 218 g/mol. The van der Waals surface area contributed by atoms with E-state index < -0.39 is 0 Å². The molecule has 0 spiro atoms. The van der Waals surface area contributed by atoms with Crippen LogP contribution in [0.3, 0.4) is 0 Å². The summed E-state index contributed by atoms with van der Waals surface area (Å²) in [6, 6.07) is 9.96. The topological polar surface area (TPSA) is 26.3 Å². The van der Waals surface area contributed by atoms with Crippen LogP contribution >= 0.6 is 0 Å². The van der Waals surface area contributed by atoms with Gasteiger partial charge in [0.25, 0.3) is 0 Å². The molecule has 0 bridgehead atoms. The zero-order chi connectivity index (χ0) is 11.8. The zero-order valence-corrected chi connectivity index (χ0v) is 9.85. The smallest absolute Gasteiger partial charge is 0.306 e. The molecule has 1 atom stereocenters. The van der Waals surface area contributed by atoms with Crippen molar-refractivity contribution in [3.05, 3.63) is 42.0 Å². The Balaban J connectivity index is 2.42. The molecule has 0 heterocycles. The van der Waals surface area contributed by atoms with E-state index in [-0.39, 0.29) is 12.1 Å². The summed E-state index contributed by atoms with van der Waals surface area (Å²) in [4.78, 5) is 11.2. The van der Waals surface area contributed by atoms with Gasteiger partial charge < -0.3 is 4.74 Å². The number of hydrogen-bond acceptors (Lipinski definition) is 2. The average Bonchev–Trinajstić information content (AvgIpc) is 2.28. The highest BCUT2D eigenvalue weighted by Gasteiger charge is 2.04. The van der Waals surface area contributed by atoms with Gasteiger partial charge in [-0.1, -0.05) is 43.3 Å². The first kappa shape index (κ1) is 12.5. The molecule has 1 unspecified atom stereocenters. The van der Waals surface area contributed by atoms with Crippen LogP contribution in [0, 0.1) is 0 Å². The van der Waals surface area contributed by atoms with Gasteiger partial charge in [0.05, 0.1) is 0 Å². The number of esters is 1. The van der Waals surface area contributed by atoms with Gasteiger partial charge in [-0.05, 0) is 25.0 Å². The molecule has 1 aromatic carbocycles. The van der Waals surface area contributed by atoms with Gasteiger partial charge in [-0.2, -0.15) is 0 Å². The molecule has 0 aliphatic carbocycles. The van der Waals surface area contributed by atoms with Gasteiger partial charge >= 0.3 is 5.97 Å². The molecular formula is C14H18O2. The van der Waals surface area contributed by atoms with E-state index in [1.165, 1.54) is 0 Å². The van der Waals surface area contributed by atoms with Gasteiger partial charge in [0.1, 0.15) is 6.10 Å². The molecular weight excluding hydrogens is 200 g/mol. The minimum absolute atomic E-state index is 0.132. The molecule has 2 nitrogen and oxygen atoms in total. The minimum atomic E-state index is -0.167. The maximum Gasteiger partial charge on any atom is 0.306 e. The van der Waals surface area contributed by atoms with Crippen molar-refractivity contribution in [2.45, 2.75) is 32.8 Å². The van der Waals surface area contributed by atoms with Gasteiger partial charge in [-0.3, -0.25) is 4.79 Å². The van der Waals surface area contributed by atoms with Crippen molar-refractivity contribution in [2.75, 3.05) is 0 Å². The van der Waals surface area contributed by atoms with Gasteiger partial charge in [0.2, 0.25) is 0 Å². The van der Waals surface area contributed by atoms with Gasteiger partial charge in [-0.25, -0.2) is 0 Å². The standard InChI is InChI=1S/C14H18O2/c1-3-7-14(15)16-12(2)10-11-13-8-5-4-6-9-13/h4-6,8-12H,3,7H2,1-2H3. The van der Waals surface area contributed by atoms with Crippen molar-refractivity contribution < 1.29 is 9.53 Å². The highest BCUT2D eigenvalue weighted by Crippen LogP contribution is 2.04. The fourth-order valence-corrected chi connectivity index (χ4v) is 1.32. The summed E-state index contributed by atoms with van der Waals surface area (Å²) in [5, 5.41) is 0. The first-order valence-electron chi connectivity index (χ1n) is 5.65. The third-order valence-corrected chi connectivity index (χ3v) is 2.13. The van der Waals surface area contributed by atoms with Crippen LogP contribution in [0.5, 0.6) is 0 Å². The summed E-state index contributed by atoms with van der Waals surface area (Å²) in [7, 11) is 0. The Morgan fingerprint density at radius 3 is 2.69 bits per heavy atom. The molecule has 0 saturated carbocycles. The van der Waals surface area contributed by atoms with Gasteiger partial charge in [-0.15, -0.1) is 0 Å². The number of hydrogen-bond donors (Lipinski definition) is 0. The van der Waals surface area contributed by atoms with E-state index in [2.05, 4.69) is 0 Å². The van der Waals surface area contributed by atoms with E-state index >= 15 is 0 Å². The Hall–Kier alpha value is -1.57. The van der Waals surface area contributed by atoms with E-state index in [9.17, 15) is 4.79 Å². The molecule has 0 amide bonds. The maximum absolute atomic E-state index is 11.2. The normalized spacial score (nSPS) is 12.6. The number of benzene rings is 1. The number of ether oxygens (including phenoxy) is 1. The van der Waals surface area contributed by atoms with E-state index in [0.29, 0.717) is 6.42 Å². The summed E-state index contributed by atoms with van der Waals surface area (Å²) in [5.74, 6) is -0.132. The summed E-state index contributed by atoms with van der Waals surface area (Å²) in [5.41, 5.74) is 1.11. The molecule has 0 fully saturated rings. The number of rotatable bonds is 5. The summed E-state index contributed by atoms with van der Waals surface area (Å²) < 4.78 is 5.19. The van der Waals surface area contributed by atoms with Gasteiger partial charge in [0, 0.05) is 6.42 Å². The van der Waals surface area contributed by atoms with E-state index in [1.807, 2.05) is 56.3 Å². The predicted molar refractivity (Wildman–Crippen MR) is 65.9 cm³/mol. The zero-order valence-electron chi connectivity index (χ0n) is 9.85. The minimum Gasteiger partial charge on any atom is -0.458 e. The van der Waals surface area contributed by atoms with Crippen LogP contribution in [0.25, 0.3) is 6.08 Å². The Morgan fingerprint density at radius 2 is 2.06 bits per heavy atom. The molecule has 0 radical (unpaired) electrons. The first-order chi connectivity index (χ1) is 7.72. The Morgan fingerprint density at radius 1 is 1.38 bits per heavy atom. The van der Waals surface area contributed by atoms with Crippen molar-refractivity contribution in [1.82, 2.24) is 0 Å². The summed E-state index contributed by atoms with van der Waals surface area (Å²) in [6.45, 7) is 3.83. The summed E-state index contributed by atoms with van der Waals surface area (Å²) >= 11 is 0. The second-order valence-electron chi connectivity index (χ2n) is 3.71. The van der Waals surface area contributed by atoms with Crippen molar-refractivity contribution in [3.63, 3.8) is 0 Å². The second kappa shape index (κ2) is 6.83. The molecule has 0 aliphatic heterocycles. The van der Waals surface area contributed by atoms with Crippen LogP contribution in [0.4, 0.5) is 0 Å². The number of carbonyl (C=O) groups is 1. The molecule has 2 heteroatoms. The SMILES string of the molecule is CCCC(=O)OC(C)C=Cc1ccccc1. The van der Waals surface area contributed by atoms with Crippen molar-refractivity contribution in [2.24, 2.45) is 0 Å². The van der Waals surface area contributed by atoms with Crippen LogP contribution in [-0.4, -0.2) is 12.1 Å². The predicted octanol–water partition coefficient (Wildman–Crippen LogP) is 3.43. The third-order valence-electron chi connectivity index (χ3n) is 2.13. The van der Waals surface area contributed by atoms with Crippen LogP contribution in [0.1, 0.15) is 32.3 Å². The highest BCUT2D eigenvalue weighted by molar-refractivity contribution is 5.69. The summed E-state index contributed by atoms with van der Waals surface area (Å²) in [6.07, 6.45) is 5.00. The fourth-order valence-electron chi connectivity index (χ4n) is 1.32. The fraction of sp³-hybridized carbons (Fsp3) is 0.357. The second-order valence-corrected chi connectivity index (χ2v) is 3.71. The van der Waals surface area contributed by atoms with Crippen LogP contribution in [-0.2, 0) is 9.53 Å². The average molecular weight is 218 g/mol. The Kier molecular flexibility index (Phi) is 5.34. The van der Waals surface area contributed by atoms with Crippen molar-refractivity contribution in [3.8, 4) is 0 Å². The number of carbonyl (C=O) groups excluding carboxylic acids is 1. The molecule has 0 aromatic heterocycles. The third kappa shape index (κ3) is 4.78. The Bertz CT molecular complexity index is 341. The lowest BCUT2D eigenvalue weighted by atomic mass is 10.2. The largest absolute Gasteiger partial charge is 0.458 e. The van der Waals surface area contributed by atoms with E-state index in [0.717, 1.165) is 12.0 Å². The molecule has 1 rings (SSSR count). The van der Waals surface area contributed by atoms with Crippen molar-refractivity contribution in [1.29, 1.82) is 0 Å². The van der Waals surface area contributed by atoms with Gasteiger partial charge in [0.15, 0.2) is 0 Å². The van der Waals surface area contributed by atoms with E-state index in [1.54, 1.807) is 0 Å². The molecule has 0 saturated heterocycles. The van der Waals surface area contributed by atoms with Crippen LogP contribution < -0.4 is 0 Å². The maximum atomic E-state index is 11.2. The lowest BCUT2D eigenvalue weighted by Crippen LogP contribution is -2.11. The molecule has 0 N–H and O–H groups in total. The van der Waals surface area contributed by atoms with Crippen LogP contribution in [0.15, 0.2) is 36.4 Å². The quantitative estimate of drug-likeness (QED) is 0.708. The Labute approximate surface area is 96.9 Å². The first-order valence-corrected chi connectivity index (χ1v) is 5.65. The van der Waals surface area contributed by atoms with Crippen molar-refractivity contribution >= 4 is 12.0 Å².